The van der Waals surface area contributed by atoms with E-state index in [-0.39, 0.29) is 5.92 Å². The molecule has 2 N–H and O–H groups in total. The van der Waals surface area contributed by atoms with Gasteiger partial charge in [0.25, 0.3) is 0 Å². The van der Waals surface area contributed by atoms with Crippen molar-refractivity contribution in [3.63, 3.8) is 0 Å². The number of nitrogens with one attached hydrogen (secondary N) is 1. The van der Waals surface area contributed by atoms with Crippen LogP contribution in [0.25, 0.3) is 0 Å². The Hall–Kier alpha value is -0.770. The van der Waals surface area contributed by atoms with Gasteiger partial charge in [0.05, 0.1) is 5.92 Å². The van der Waals surface area contributed by atoms with E-state index in [1.165, 1.54) is 0 Å². The molecule has 0 aliphatic heterocycles. The van der Waals surface area contributed by atoms with Crippen molar-refractivity contribution in [2.75, 3.05) is 0 Å². The number of carbonyl (C=O) groups is 1. The molecule has 1 fully saturated rings. The molecule has 1 unspecified atom stereocenters. The number of carboxylic acid groups (broad SMARTS) is 1. The van der Waals surface area contributed by atoms with Gasteiger partial charge in [0.1, 0.15) is 0 Å². The van der Waals surface area contributed by atoms with E-state index in [1.54, 1.807) is 6.07 Å². The van der Waals surface area contributed by atoms with E-state index in [2.05, 4.69) is 12.2 Å². The fourth-order valence-electron chi connectivity index (χ4n) is 2.99. The molecule has 2 rings (SSSR count). The Morgan fingerprint density at radius 1 is 1.33 bits per heavy atom. The number of aliphatic carboxylic acids is 1. The van der Waals surface area contributed by atoms with Gasteiger partial charge < -0.3 is 10.4 Å². The Kier molecular flexibility index (Phi) is 5.91. The number of rotatable bonds is 5. The predicted octanol–water partition coefficient (Wildman–Crippen LogP) is 4.16. The average molecular weight is 330 g/mol. The van der Waals surface area contributed by atoms with Gasteiger partial charge in [-0.25, -0.2) is 0 Å². The highest BCUT2D eigenvalue weighted by Crippen LogP contribution is 2.26. The van der Waals surface area contributed by atoms with Crippen LogP contribution in [0.1, 0.15) is 38.2 Å². The lowest BCUT2D eigenvalue weighted by Gasteiger charge is -2.29. The van der Waals surface area contributed by atoms with Crippen molar-refractivity contribution in [1.29, 1.82) is 0 Å². The first-order valence-corrected chi connectivity index (χ1v) is 8.14. The van der Waals surface area contributed by atoms with Crippen molar-refractivity contribution in [2.45, 2.75) is 51.1 Å². The van der Waals surface area contributed by atoms with Crippen LogP contribution in [-0.4, -0.2) is 23.2 Å². The van der Waals surface area contributed by atoms with Crippen LogP contribution in [0, 0.1) is 5.92 Å². The molecule has 3 nitrogen and oxygen atoms in total. The Morgan fingerprint density at radius 2 is 2.00 bits per heavy atom. The summed E-state index contributed by atoms with van der Waals surface area (Å²) >= 11 is 12.1. The fraction of sp³-hybridized carbons (Fsp3) is 0.562. The zero-order valence-corrected chi connectivity index (χ0v) is 13.6. The van der Waals surface area contributed by atoms with Crippen molar-refractivity contribution < 1.29 is 9.90 Å². The Labute approximate surface area is 135 Å². The first-order chi connectivity index (χ1) is 9.95. The summed E-state index contributed by atoms with van der Waals surface area (Å²) in [5, 5.41) is 13.9. The molecule has 1 saturated carbocycles. The number of hydrogen-bond acceptors (Lipinski definition) is 2. The van der Waals surface area contributed by atoms with Gasteiger partial charge in [-0.1, -0.05) is 29.3 Å². The van der Waals surface area contributed by atoms with Crippen LogP contribution < -0.4 is 5.32 Å². The molecular formula is C16H21Cl2NO2. The standard InChI is InChI=1S/C16H21Cl2NO2/c1-10(8-12-2-5-13(17)9-15(12)18)19-14-6-3-11(4-7-14)16(20)21/h2,5,9-11,14,19H,3-4,6-8H2,1H3,(H,20,21). The van der Waals surface area contributed by atoms with Crippen LogP contribution in [0.4, 0.5) is 0 Å². The van der Waals surface area contributed by atoms with E-state index < -0.39 is 5.97 Å². The molecule has 21 heavy (non-hydrogen) atoms. The van der Waals surface area contributed by atoms with Crippen LogP contribution in [0.5, 0.6) is 0 Å². The van der Waals surface area contributed by atoms with Crippen molar-refractivity contribution in [1.82, 2.24) is 5.32 Å². The maximum Gasteiger partial charge on any atom is 0.306 e. The lowest BCUT2D eigenvalue weighted by Crippen LogP contribution is -2.40. The number of hydrogen-bond donors (Lipinski definition) is 2. The van der Waals surface area contributed by atoms with Gasteiger partial charge in [-0.3, -0.25) is 4.79 Å². The minimum absolute atomic E-state index is 0.163. The van der Waals surface area contributed by atoms with Crippen LogP contribution in [-0.2, 0) is 11.2 Å². The highest BCUT2D eigenvalue weighted by Gasteiger charge is 2.26. The minimum atomic E-state index is -0.658. The molecule has 0 amide bonds. The molecule has 1 aromatic rings. The molecule has 0 radical (unpaired) electrons. The molecule has 0 aromatic heterocycles. The lowest BCUT2D eigenvalue weighted by molar-refractivity contribution is -0.142. The summed E-state index contributed by atoms with van der Waals surface area (Å²) in [6.07, 6.45) is 4.23. The Bertz CT molecular complexity index is 499. The molecular weight excluding hydrogens is 309 g/mol. The summed E-state index contributed by atoms with van der Waals surface area (Å²) in [5.74, 6) is -0.821. The third-order valence-electron chi connectivity index (χ3n) is 4.14. The summed E-state index contributed by atoms with van der Waals surface area (Å²) in [6, 6.07) is 6.29. The minimum Gasteiger partial charge on any atom is -0.481 e. The molecule has 1 aliphatic carbocycles. The summed E-state index contributed by atoms with van der Waals surface area (Å²) in [7, 11) is 0. The van der Waals surface area contributed by atoms with E-state index in [4.69, 9.17) is 28.3 Å². The first-order valence-electron chi connectivity index (χ1n) is 7.38. The van der Waals surface area contributed by atoms with Gasteiger partial charge >= 0.3 is 5.97 Å². The second-order valence-corrected chi connectivity index (χ2v) is 6.74. The summed E-state index contributed by atoms with van der Waals surface area (Å²) in [5.41, 5.74) is 1.08. The van der Waals surface area contributed by atoms with E-state index in [0.717, 1.165) is 37.7 Å². The maximum atomic E-state index is 10.9. The Balaban J connectivity index is 1.82. The van der Waals surface area contributed by atoms with Gasteiger partial charge in [0, 0.05) is 22.1 Å². The predicted molar refractivity (Wildman–Crippen MR) is 86.1 cm³/mol. The average Bonchev–Trinajstić information content (AvgIpc) is 2.42. The lowest BCUT2D eigenvalue weighted by atomic mass is 9.85. The quantitative estimate of drug-likeness (QED) is 0.852. The van der Waals surface area contributed by atoms with Crippen LogP contribution in [0.2, 0.25) is 10.0 Å². The van der Waals surface area contributed by atoms with E-state index in [0.29, 0.717) is 22.1 Å². The molecule has 1 aromatic carbocycles. The Morgan fingerprint density at radius 3 is 2.57 bits per heavy atom. The number of halogens is 2. The number of carboxylic acids is 1. The first kappa shape index (κ1) is 16.6. The molecule has 1 aliphatic rings. The topological polar surface area (TPSA) is 49.3 Å². The van der Waals surface area contributed by atoms with Crippen molar-refractivity contribution in [3.8, 4) is 0 Å². The van der Waals surface area contributed by atoms with Crippen LogP contribution in [0.15, 0.2) is 18.2 Å². The van der Waals surface area contributed by atoms with Gasteiger partial charge in [-0.2, -0.15) is 0 Å². The largest absolute Gasteiger partial charge is 0.481 e. The SMILES string of the molecule is CC(Cc1ccc(Cl)cc1Cl)NC1CCC(C(=O)O)CC1. The third kappa shape index (κ3) is 4.87. The smallest absolute Gasteiger partial charge is 0.306 e. The second kappa shape index (κ2) is 7.48. The molecule has 0 heterocycles. The van der Waals surface area contributed by atoms with Crippen molar-refractivity contribution in [3.05, 3.63) is 33.8 Å². The van der Waals surface area contributed by atoms with Crippen molar-refractivity contribution >= 4 is 29.2 Å². The molecule has 1 atom stereocenters. The summed E-state index contributed by atoms with van der Waals surface area (Å²) in [6.45, 7) is 2.13. The van der Waals surface area contributed by atoms with Gasteiger partial charge in [0.15, 0.2) is 0 Å². The summed E-state index contributed by atoms with van der Waals surface area (Å²) in [4.78, 5) is 10.9. The fourth-order valence-corrected chi connectivity index (χ4v) is 3.47. The molecule has 0 bridgehead atoms. The van der Waals surface area contributed by atoms with Gasteiger partial charge in [-0.05, 0) is 56.7 Å². The maximum absolute atomic E-state index is 10.9. The molecule has 0 spiro atoms. The zero-order chi connectivity index (χ0) is 15.4. The third-order valence-corrected chi connectivity index (χ3v) is 4.72. The van der Waals surface area contributed by atoms with Crippen LogP contribution in [0.3, 0.4) is 0 Å². The molecule has 5 heteroatoms. The highest BCUT2D eigenvalue weighted by molar-refractivity contribution is 6.35. The number of benzene rings is 1. The highest BCUT2D eigenvalue weighted by atomic mass is 35.5. The molecule has 116 valence electrons. The molecule has 0 saturated heterocycles. The van der Waals surface area contributed by atoms with E-state index in [1.807, 2.05) is 12.1 Å². The van der Waals surface area contributed by atoms with E-state index in [9.17, 15) is 4.79 Å². The monoisotopic (exact) mass is 329 g/mol. The van der Waals surface area contributed by atoms with Gasteiger partial charge in [-0.15, -0.1) is 0 Å². The van der Waals surface area contributed by atoms with Crippen molar-refractivity contribution in [2.24, 2.45) is 5.92 Å². The zero-order valence-electron chi connectivity index (χ0n) is 12.1. The summed E-state index contributed by atoms with van der Waals surface area (Å²) < 4.78 is 0. The van der Waals surface area contributed by atoms with Crippen LogP contribution >= 0.6 is 23.2 Å². The van der Waals surface area contributed by atoms with Gasteiger partial charge in [0.2, 0.25) is 0 Å². The van der Waals surface area contributed by atoms with E-state index >= 15 is 0 Å². The normalized spacial score (nSPS) is 23.8. The second-order valence-electron chi connectivity index (χ2n) is 5.89.